The molecule has 1 amide bonds. The minimum Gasteiger partial charge on any atom is -0.457 e. The van der Waals surface area contributed by atoms with Crippen molar-refractivity contribution in [3.63, 3.8) is 0 Å². The number of aromatic nitrogens is 2. The SMILES string of the molecule is CC(C)CCNc1nccc(C(=O)Nc2ccc(Oc3ccccc3)cc2)n1. The van der Waals surface area contributed by atoms with Crippen LogP contribution in [0.2, 0.25) is 0 Å². The van der Waals surface area contributed by atoms with Gasteiger partial charge < -0.3 is 15.4 Å². The zero-order valence-electron chi connectivity index (χ0n) is 16.1. The highest BCUT2D eigenvalue weighted by molar-refractivity contribution is 6.02. The van der Waals surface area contributed by atoms with Crippen molar-refractivity contribution in [3.8, 4) is 11.5 Å². The molecule has 0 atom stereocenters. The van der Waals surface area contributed by atoms with Gasteiger partial charge in [-0.15, -0.1) is 0 Å². The Kier molecular flexibility index (Phi) is 6.57. The molecule has 3 rings (SSSR count). The molecule has 6 heteroatoms. The number of hydrogen-bond donors (Lipinski definition) is 2. The first kappa shape index (κ1) is 19.4. The number of nitrogens with one attached hydrogen (secondary N) is 2. The summed E-state index contributed by atoms with van der Waals surface area (Å²) in [6.07, 6.45) is 2.59. The number of nitrogens with zero attached hydrogens (tertiary/aromatic N) is 2. The van der Waals surface area contributed by atoms with E-state index in [0.717, 1.165) is 18.7 Å². The van der Waals surface area contributed by atoms with Crippen molar-refractivity contribution >= 4 is 17.5 Å². The first-order valence-electron chi connectivity index (χ1n) is 9.31. The van der Waals surface area contributed by atoms with Gasteiger partial charge in [0.1, 0.15) is 17.2 Å². The van der Waals surface area contributed by atoms with Crippen LogP contribution in [0.1, 0.15) is 30.8 Å². The Morgan fingerprint density at radius 1 is 1.00 bits per heavy atom. The van der Waals surface area contributed by atoms with E-state index in [1.165, 1.54) is 0 Å². The molecule has 0 fully saturated rings. The van der Waals surface area contributed by atoms with Crippen molar-refractivity contribution in [2.45, 2.75) is 20.3 Å². The van der Waals surface area contributed by atoms with Crippen LogP contribution in [0, 0.1) is 5.92 Å². The molecule has 0 saturated carbocycles. The number of carbonyl (C=O) groups excluding carboxylic acids is 1. The molecule has 3 aromatic rings. The predicted octanol–water partition coefficient (Wildman–Crippen LogP) is 4.98. The van der Waals surface area contributed by atoms with Crippen molar-refractivity contribution in [2.24, 2.45) is 5.92 Å². The number of benzene rings is 2. The fraction of sp³-hybridized carbons (Fsp3) is 0.227. The molecule has 0 spiro atoms. The number of rotatable bonds is 8. The van der Waals surface area contributed by atoms with Gasteiger partial charge in [-0.2, -0.15) is 0 Å². The van der Waals surface area contributed by atoms with E-state index in [9.17, 15) is 4.79 Å². The van der Waals surface area contributed by atoms with E-state index < -0.39 is 0 Å². The van der Waals surface area contributed by atoms with Crippen LogP contribution in [0.4, 0.5) is 11.6 Å². The minimum absolute atomic E-state index is 0.286. The van der Waals surface area contributed by atoms with Crippen LogP contribution in [0.5, 0.6) is 11.5 Å². The molecule has 0 aliphatic rings. The van der Waals surface area contributed by atoms with E-state index in [1.54, 1.807) is 24.4 Å². The van der Waals surface area contributed by atoms with E-state index in [-0.39, 0.29) is 5.91 Å². The zero-order chi connectivity index (χ0) is 19.8. The molecule has 1 aromatic heterocycles. The molecule has 6 nitrogen and oxygen atoms in total. The third kappa shape index (κ3) is 5.81. The summed E-state index contributed by atoms with van der Waals surface area (Å²) in [5.41, 5.74) is 0.977. The molecule has 0 bridgehead atoms. The van der Waals surface area contributed by atoms with Gasteiger partial charge in [0, 0.05) is 18.4 Å². The summed E-state index contributed by atoms with van der Waals surface area (Å²) >= 11 is 0. The van der Waals surface area contributed by atoms with Gasteiger partial charge in [-0.25, -0.2) is 9.97 Å². The van der Waals surface area contributed by atoms with Crippen LogP contribution >= 0.6 is 0 Å². The normalized spacial score (nSPS) is 10.5. The van der Waals surface area contributed by atoms with Crippen LogP contribution in [0.15, 0.2) is 66.9 Å². The molecule has 1 heterocycles. The summed E-state index contributed by atoms with van der Waals surface area (Å²) in [5, 5.41) is 5.99. The molecule has 28 heavy (non-hydrogen) atoms. The fourth-order valence-electron chi connectivity index (χ4n) is 2.47. The van der Waals surface area contributed by atoms with E-state index in [2.05, 4.69) is 34.4 Å². The molecule has 0 aliphatic heterocycles. The number of ether oxygens (including phenoxy) is 1. The van der Waals surface area contributed by atoms with Gasteiger partial charge in [-0.3, -0.25) is 4.79 Å². The molecule has 0 unspecified atom stereocenters. The van der Waals surface area contributed by atoms with E-state index in [1.807, 2.05) is 42.5 Å². The molecule has 144 valence electrons. The van der Waals surface area contributed by atoms with Crippen LogP contribution in [0.3, 0.4) is 0 Å². The summed E-state index contributed by atoms with van der Waals surface area (Å²) < 4.78 is 5.75. The minimum atomic E-state index is -0.286. The second-order valence-corrected chi connectivity index (χ2v) is 6.77. The second-order valence-electron chi connectivity index (χ2n) is 6.77. The van der Waals surface area contributed by atoms with Crippen molar-refractivity contribution in [1.82, 2.24) is 9.97 Å². The summed E-state index contributed by atoms with van der Waals surface area (Å²) in [5.74, 6) is 2.22. The lowest BCUT2D eigenvalue weighted by Gasteiger charge is -2.09. The number of hydrogen-bond acceptors (Lipinski definition) is 5. The average molecular weight is 376 g/mol. The number of carbonyl (C=O) groups is 1. The molecular formula is C22H24N4O2. The van der Waals surface area contributed by atoms with Gasteiger partial charge in [0.2, 0.25) is 5.95 Å². The average Bonchev–Trinajstić information content (AvgIpc) is 2.70. The summed E-state index contributed by atoms with van der Waals surface area (Å²) in [4.78, 5) is 20.9. The Balaban J connectivity index is 1.58. The Morgan fingerprint density at radius 2 is 1.71 bits per heavy atom. The van der Waals surface area contributed by atoms with Crippen LogP contribution in [-0.4, -0.2) is 22.4 Å². The second kappa shape index (κ2) is 9.50. The molecule has 2 aromatic carbocycles. The van der Waals surface area contributed by atoms with Crippen molar-refractivity contribution in [1.29, 1.82) is 0 Å². The monoisotopic (exact) mass is 376 g/mol. The number of para-hydroxylation sites is 1. The lowest BCUT2D eigenvalue weighted by molar-refractivity contribution is 0.102. The highest BCUT2D eigenvalue weighted by atomic mass is 16.5. The van der Waals surface area contributed by atoms with E-state index >= 15 is 0 Å². The van der Waals surface area contributed by atoms with Crippen molar-refractivity contribution in [3.05, 3.63) is 72.6 Å². The predicted molar refractivity (Wildman–Crippen MR) is 111 cm³/mol. The van der Waals surface area contributed by atoms with Gasteiger partial charge in [0.25, 0.3) is 5.91 Å². The Hall–Kier alpha value is -3.41. The number of anilines is 2. The first-order valence-corrected chi connectivity index (χ1v) is 9.31. The van der Waals surface area contributed by atoms with Gasteiger partial charge in [-0.1, -0.05) is 32.0 Å². The van der Waals surface area contributed by atoms with Crippen LogP contribution < -0.4 is 15.4 Å². The topological polar surface area (TPSA) is 76.1 Å². The molecular weight excluding hydrogens is 352 g/mol. The molecule has 0 radical (unpaired) electrons. The molecule has 2 N–H and O–H groups in total. The van der Waals surface area contributed by atoms with E-state index in [4.69, 9.17) is 4.74 Å². The zero-order valence-corrected chi connectivity index (χ0v) is 16.1. The van der Waals surface area contributed by atoms with Gasteiger partial charge in [0.15, 0.2) is 0 Å². The molecule has 0 aliphatic carbocycles. The van der Waals surface area contributed by atoms with Gasteiger partial charge in [-0.05, 0) is 54.8 Å². The smallest absolute Gasteiger partial charge is 0.274 e. The van der Waals surface area contributed by atoms with Crippen LogP contribution in [0.25, 0.3) is 0 Å². The largest absolute Gasteiger partial charge is 0.457 e. The standard InChI is InChI=1S/C22H24N4O2/c1-16(2)12-14-23-22-24-15-13-20(26-22)21(27)25-17-8-10-19(11-9-17)28-18-6-4-3-5-7-18/h3-11,13,15-16H,12,14H2,1-2H3,(H,25,27)(H,23,24,26). The Labute approximate surface area is 165 Å². The Bertz CT molecular complexity index is 896. The third-order valence-corrected chi connectivity index (χ3v) is 3.98. The third-order valence-electron chi connectivity index (χ3n) is 3.98. The lowest BCUT2D eigenvalue weighted by atomic mass is 10.1. The number of amides is 1. The Morgan fingerprint density at radius 3 is 2.43 bits per heavy atom. The highest BCUT2D eigenvalue weighted by Crippen LogP contribution is 2.22. The molecule has 0 saturated heterocycles. The first-order chi connectivity index (χ1) is 13.6. The van der Waals surface area contributed by atoms with Crippen molar-refractivity contribution < 1.29 is 9.53 Å². The maximum Gasteiger partial charge on any atom is 0.274 e. The summed E-state index contributed by atoms with van der Waals surface area (Å²) in [7, 11) is 0. The maximum atomic E-state index is 12.5. The van der Waals surface area contributed by atoms with E-state index in [0.29, 0.717) is 29.0 Å². The van der Waals surface area contributed by atoms with Gasteiger partial charge in [0.05, 0.1) is 0 Å². The summed E-state index contributed by atoms with van der Waals surface area (Å²) in [6.45, 7) is 5.08. The maximum absolute atomic E-state index is 12.5. The highest BCUT2D eigenvalue weighted by Gasteiger charge is 2.09. The van der Waals surface area contributed by atoms with Crippen LogP contribution in [-0.2, 0) is 0 Å². The summed E-state index contributed by atoms with van der Waals surface area (Å²) in [6, 6.07) is 18.3. The lowest BCUT2D eigenvalue weighted by Crippen LogP contribution is -2.16. The quantitative estimate of drug-likeness (QED) is 0.580. The van der Waals surface area contributed by atoms with Crippen molar-refractivity contribution in [2.75, 3.05) is 17.2 Å². The fourth-order valence-corrected chi connectivity index (χ4v) is 2.47. The van der Waals surface area contributed by atoms with Gasteiger partial charge >= 0.3 is 0 Å².